The first-order chi connectivity index (χ1) is 9.01. The first kappa shape index (κ1) is 14.3. The Hall–Kier alpha value is -2.75. The predicted molar refractivity (Wildman–Crippen MR) is 68.1 cm³/mol. The molecule has 0 aliphatic heterocycles. The molecule has 2 N–H and O–H groups in total. The van der Waals surface area contributed by atoms with E-state index in [2.05, 4.69) is 11.2 Å². The predicted octanol–water partition coefficient (Wildman–Crippen LogP) is 1.49. The standard InChI is InChI=1S/C12H12N2O5/c1-3-5-9(12(15)16)13-8-6-4-7-10(19-2)11(8)14(17)18/h1,4,6-7,9,13H,5H2,2H3,(H,15,16). The van der Waals surface area contributed by atoms with Crippen LogP contribution >= 0.6 is 0 Å². The molecule has 0 aliphatic carbocycles. The zero-order valence-electron chi connectivity index (χ0n) is 10.1. The van der Waals surface area contributed by atoms with Gasteiger partial charge in [0.15, 0.2) is 5.75 Å². The van der Waals surface area contributed by atoms with Crippen LogP contribution in [0, 0.1) is 22.5 Å². The number of nitrogens with zero attached hydrogens (tertiary/aromatic N) is 1. The molecule has 0 spiro atoms. The number of para-hydroxylation sites is 1. The molecular weight excluding hydrogens is 252 g/mol. The summed E-state index contributed by atoms with van der Waals surface area (Å²) in [6, 6.07) is 3.23. The number of terminal acetylenes is 1. The summed E-state index contributed by atoms with van der Waals surface area (Å²) in [4.78, 5) is 21.3. The minimum absolute atomic E-state index is 0.0415. The summed E-state index contributed by atoms with van der Waals surface area (Å²) in [5.74, 6) is 1.06. The van der Waals surface area contributed by atoms with Crippen LogP contribution in [-0.2, 0) is 4.79 Å². The lowest BCUT2D eigenvalue weighted by atomic mass is 10.1. The fourth-order valence-electron chi connectivity index (χ4n) is 1.50. The first-order valence-corrected chi connectivity index (χ1v) is 5.25. The third-order valence-corrected chi connectivity index (χ3v) is 2.35. The monoisotopic (exact) mass is 264 g/mol. The Kier molecular flexibility index (Phi) is 4.71. The van der Waals surface area contributed by atoms with Crippen LogP contribution in [0.25, 0.3) is 0 Å². The number of nitro groups is 1. The molecule has 0 bridgehead atoms. The van der Waals surface area contributed by atoms with E-state index in [0.29, 0.717) is 0 Å². The van der Waals surface area contributed by atoms with Crippen molar-refractivity contribution >= 4 is 17.3 Å². The number of nitro benzene ring substituents is 1. The summed E-state index contributed by atoms with van der Waals surface area (Å²) in [5, 5.41) is 22.5. The highest BCUT2D eigenvalue weighted by Crippen LogP contribution is 2.34. The summed E-state index contributed by atoms with van der Waals surface area (Å²) in [6.07, 6.45) is 4.97. The number of aliphatic carboxylic acids is 1. The molecule has 100 valence electrons. The summed E-state index contributed by atoms with van der Waals surface area (Å²) in [5.41, 5.74) is -0.278. The molecule has 0 fully saturated rings. The van der Waals surface area contributed by atoms with E-state index in [1.165, 1.54) is 25.3 Å². The zero-order valence-corrected chi connectivity index (χ0v) is 10.1. The highest BCUT2D eigenvalue weighted by atomic mass is 16.6. The number of hydrogen-bond acceptors (Lipinski definition) is 5. The molecular formula is C12H12N2O5. The SMILES string of the molecule is C#CCC(Nc1cccc(OC)c1[N+](=O)[O-])C(=O)O. The van der Waals surface area contributed by atoms with E-state index >= 15 is 0 Å². The molecule has 1 unspecified atom stereocenters. The largest absolute Gasteiger partial charge is 0.490 e. The Morgan fingerprint density at radius 3 is 2.84 bits per heavy atom. The van der Waals surface area contributed by atoms with Gasteiger partial charge in [0.1, 0.15) is 11.7 Å². The third-order valence-electron chi connectivity index (χ3n) is 2.35. The number of carbonyl (C=O) groups is 1. The van der Waals surface area contributed by atoms with Crippen LogP contribution in [0.1, 0.15) is 6.42 Å². The lowest BCUT2D eigenvalue weighted by molar-refractivity contribution is -0.384. The van der Waals surface area contributed by atoms with Gasteiger partial charge in [-0.05, 0) is 12.1 Å². The molecule has 1 aromatic carbocycles. The second-order valence-electron chi connectivity index (χ2n) is 3.56. The highest BCUT2D eigenvalue weighted by Gasteiger charge is 2.24. The fraction of sp³-hybridized carbons (Fsp3) is 0.250. The number of rotatable bonds is 6. The lowest BCUT2D eigenvalue weighted by Gasteiger charge is -2.14. The van der Waals surface area contributed by atoms with Crippen LogP contribution in [0.3, 0.4) is 0 Å². The number of methoxy groups -OCH3 is 1. The van der Waals surface area contributed by atoms with E-state index in [-0.39, 0.29) is 23.5 Å². The average Bonchev–Trinajstić information content (AvgIpc) is 2.37. The number of nitrogens with one attached hydrogen (secondary N) is 1. The zero-order chi connectivity index (χ0) is 14.4. The van der Waals surface area contributed by atoms with E-state index in [9.17, 15) is 14.9 Å². The minimum atomic E-state index is -1.19. The number of carboxylic acid groups (broad SMARTS) is 1. The molecule has 7 heteroatoms. The van der Waals surface area contributed by atoms with Gasteiger partial charge >= 0.3 is 11.7 Å². The Morgan fingerprint density at radius 1 is 1.68 bits per heavy atom. The van der Waals surface area contributed by atoms with Gasteiger partial charge in [-0.2, -0.15) is 0 Å². The maximum Gasteiger partial charge on any atom is 0.333 e. The third kappa shape index (κ3) is 3.35. The van der Waals surface area contributed by atoms with Crippen molar-refractivity contribution in [2.24, 2.45) is 0 Å². The average molecular weight is 264 g/mol. The summed E-state index contributed by atoms with van der Waals surface area (Å²) in [7, 11) is 1.29. The number of carboxylic acids is 1. The molecule has 0 saturated heterocycles. The van der Waals surface area contributed by atoms with Crippen molar-refractivity contribution in [3.63, 3.8) is 0 Å². The maximum atomic E-state index is 11.0. The van der Waals surface area contributed by atoms with Crippen molar-refractivity contribution in [3.05, 3.63) is 28.3 Å². The highest BCUT2D eigenvalue weighted by molar-refractivity contribution is 5.80. The van der Waals surface area contributed by atoms with Gasteiger partial charge < -0.3 is 15.2 Å². The molecule has 0 radical (unpaired) electrons. The van der Waals surface area contributed by atoms with Crippen LogP contribution < -0.4 is 10.1 Å². The van der Waals surface area contributed by atoms with Gasteiger partial charge in [-0.15, -0.1) is 12.3 Å². The number of anilines is 1. The van der Waals surface area contributed by atoms with Crippen molar-refractivity contribution in [3.8, 4) is 18.1 Å². The van der Waals surface area contributed by atoms with Gasteiger partial charge in [-0.1, -0.05) is 6.07 Å². The normalized spacial score (nSPS) is 11.2. The molecule has 7 nitrogen and oxygen atoms in total. The summed E-state index contributed by atoms with van der Waals surface area (Å²) >= 11 is 0. The van der Waals surface area contributed by atoms with Gasteiger partial charge in [-0.3, -0.25) is 10.1 Å². The van der Waals surface area contributed by atoms with Crippen molar-refractivity contribution in [2.45, 2.75) is 12.5 Å². The number of hydrogen-bond donors (Lipinski definition) is 2. The van der Waals surface area contributed by atoms with Crippen molar-refractivity contribution in [1.82, 2.24) is 0 Å². The van der Waals surface area contributed by atoms with Gasteiger partial charge in [0, 0.05) is 6.42 Å². The second-order valence-corrected chi connectivity index (χ2v) is 3.56. The van der Waals surface area contributed by atoms with Gasteiger partial charge in [0.25, 0.3) is 0 Å². The van der Waals surface area contributed by atoms with Crippen LogP contribution in [0.5, 0.6) is 5.75 Å². The van der Waals surface area contributed by atoms with E-state index in [4.69, 9.17) is 16.3 Å². The van der Waals surface area contributed by atoms with Crippen LogP contribution in [0.15, 0.2) is 18.2 Å². The molecule has 1 aromatic rings. The molecule has 0 amide bonds. The van der Waals surface area contributed by atoms with Gasteiger partial charge in [-0.25, -0.2) is 4.79 Å². The summed E-state index contributed by atoms with van der Waals surface area (Å²) in [6.45, 7) is 0. The molecule has 0 aromatic heterocycles. The van der Waals surface area contributed by atoms with Gasteiger partial charge in [0.2, 0.25) is 0 Å². The van der Waals surface area contributed by atoms with Crippen LogP contribution in [-0.4, -0.2) is 29.2 Å². The Labute approximate surface area is 109 Å². The second kappa shape index (κ2) is 6.26. The molecule has 1 atom stereocenters. The van der Waals surface area contributed by atoms with Crippen molar-refractivity contribution in [2.75, 3.05) is 12.4 Å². The number of benzene rings is 1. The Balaban J connectivity index is 3.16. The molecule has 0 aliphatic rings. The Morgan fingerprint density at radius 2 is 2.37 bits per heavy atom. The van der Waals surface area contributed by atoms with Gasteiger partial charge in [0.05, 0.1) is 12.0 Å². The first-order valence-electron chi connectivity index (χ1n) is 5.25. The van der Waals surface area contributed by atoms with Crippen LogP contribution in [0.2, 0.25) is 0 Å². The van der Waals surface area contributed by atoms with E-state index in [0.717, 1.165) is 0 Å². The molecule has 0 heterocycles. The minimum Gasteiger partial charge on any atom is -0.490 e. The molecule has 1 rings (SSSR count). The van der Waals surface area contributed by atoms with Crippen molar-refractivity contribution in [1.29, 1.82) is 0 Å². The topological polar surface area (TPSA) is 102 Å². The number of ether oxygens (including phenoxy) is 1. The lowest BCUT2D eigenvalue weighted by Crippen LogP contribution is -2.29. The fourth-order valence-corrected chi connectivity index (χ4v) is 1.50. The summed E-state index contributed by atoms with van der Waals surface area (Å²) < 4.78 is 4.88. The van der Waals surface area contributed by atoms with Crippen molar-refractivity contribution < 1.29 is 19.6 Å². The van der Waals surface area contributed by atoms with Crippen LogP contribution in [0.4, 0.5) is 11.4 Å². The van der Waals surface area contributed by atoms with E-state index < -0.39 is 16.9 Å². The van der Waals surface area contributed by atoms with E-state index in [1.54, 1.807) is 0 Å². The van der Waals surface area contributed by atoms with E-state index in [1.807, 2.05) is 0 Å². The molecule has 19 heavy (non-hydrogen) atoms. The molecule has 0 saturated carbocycles. The Bertz CT molecular complexity index is 535. The maximum absolute atomic E-state index is 11.0. The quantitative estimate of drug-likeness (QED) is 0.458. The smallest absolute Gasteiger partial charge is 0.333 e.